The van der Waals surface area contributed by atoms with Crippen molar-refractivity contribution < 1.29 is 17.6 Å². The molecule has 0 saturated heterocycles. The number of hydrogen-bond acceptors (Lipinski definition) is 3. The Balaban J connectivity index is 1.81. The lowest BCUT2D eigenvalue weighted by Gasteiger charge is -2.09. The number of aryl methyl sites for hydroxylation is 1. The van der Waals surface area contributed by atoms with Crippen LogP contribution in [0.5, 0.6) is 0 Å². The molecule has 0 aliphatic rings. The van der Waals surface area contributed by atoms with Gasteiger partial charge >= 0.3 is 0 Å². The quantitative estimate of drug-likeness (QED) is 0.753. The Kier molecular flexibility index (Phi) is 6.66. The molecule has 2 N–H and O–H groups in total. The van der Waals surface area contributed by atoms with Gasteiger partial charge in [-0.25, -0.2) is 17.5 Å². The molecule has 134 valence electrons. The molecular formula is C18H21FN2O3S. The van der Waals surface area contributed by atoms with Crippen LogP contribution in [0.15, 0.2) is 53.4 Å². The Morgan fingerprint density at radius 3 is 2.40 bits per heavy atom. The van der Waals surface area contributed by atoms with Crippen LogP contribution >= 0.6 is 0 Å². The minimum atomic E-state index is -3.74. The molecule has 0 bridgehead atoms. The van der Waals surface area contributed by atoms with Crippen LogP contribution in [-0.4, -0.2) is 27.4 Å². The maximum atomic E-state index is 13.5. The van der Waals surface area contributed by atoms with E-state index in [1.165, 1.54) is 18.2 Å². The predicted octanol–water partition coefficient (Wildman–Crippen LogP) is 2.03. The van der Waals surface area contributed by atoms with Gasteiger partial charge in [-0.1, -0.05) is 37.3 Å². The Labute approximate surface area is 147 Å². The van der Waals surface area contributed by atoms with Crippen molar-refractivity contribution in [2.24, 2.45) is 0 Å². The molecule has 0 aliphatic heterocycles. The second kappa shape index (κ2) is 8.73. The molecule has 0 saturated carbocycles. The van der Waals surface area contributed by atoms with E-state index in [9.17, 15) is 17.6 Å². The van der Waals surface area contributed by atoms with Crippen molar-refractivity contribution in [2.75, 3.05) is 13.1 Å². The lowest BCUT2D eigenvalue weighted by atomic mass is 10.1. The zero-order chi connectivity index (χ0) is 18.3. The Morgan fingerprint density at radius 2 is 1.76 bits per heavy atom. The largest absolute Gasteiger partial charge is 0.355 e. The number of nitrogens with one attached hydrogen (secondary N) is 2. The molecule has 2 rings (SSSR count). The molecule has 5 nitrogen and oxygen atoms in total. The first-order valence-corrected chi connectivity index (χ1v) is 9.49. The van der Waals surface area contributed by atoms with Gasteiger partial charge in [-0.3, -0.25) is 4.79 Å². The van der Waals surface area contributed by atoms with Crippen LogP contribution < -0.4 is 10.0 Å². The summed E-state index contributed by atoms with van der Waals surface area (Å²) >= 11 is 0. The summed E-state index contributed by atoms with van der Waals surface area (Å²) in [4.78, 5) is 11.9. The van der Waals surface area contributed by atoms with Gasteiger partial charge in [-0.05, 0) is 42.2 Å². The summed E-state index contributed by atoms with van der Waals surface area (Å²) in [5, 5.41) is 2.57. The number of rotatable bonds is 8. The third-order valence-corrected chi connectivity index (χ3v) is 5.16. The average Bonchev–Trinajstić information content (AvgIpc) is 2.62. The van der Waals surface area contributed by atoms with Crippen molar-refractivity contribution in [1.29, 1.82) is 0 Å². The smallest absolute Gasteiger partial charge is 0.241 e. The van der Waals surface area contributed by atoms with Crippen molar-refractivity contribution in [3.63, 3.8) is 0 Å². The highest BCUT2D eigenvalue weighted by atomic mass is 32.2. The van der Waals surface area contributed by atoms with Crippen LogP contribution in [0.25, 0.3) is 0 Å². The fourth-order valence-electron chi connectivity index (χ4n) is 2.25. The summed E-state index contributed by atoms with van der Waals surface area (Å²) in [5.74, 6) is -0.793. The third kappa shape index (κ3) is 5.65. The maximum Gasteiger partial charge on any atom is 0.241 e. The zero-order valence-electron chi connectivity index (χ0n) is 14.0. The molecule has 0 heterocycles. The molecule has 1 amide bonds. The number of amides is 1. The van der Waals surface area contributed by atoms with Crippen LogP contribution in [0.3, 0.4) is 0 Å². The SMILES string of the molecule is CCc1ccc(S(=O)(=O)NCC(=O)NCCc2ccccc2F)cc1. The predicted molar refractivity (Wildman–Crippen MR) is 94.1 cm³/mol. The van der Waals surface area contributed by atoms with E-state index in [0.717, 1.165) is 12.0 Å². The average molecular weight is 364 g/mol. The highest BCUT2D eigenvalue weighted by Gasteiger charge is 2.15. The number of carbonyl (C=O) groups is 1. The molecule has 0 aliphatic carbocycles. The highest BCUT2D eigenvalue weighted by molar-refractivity contribution is 7.89. The first kappa shape index (κ1) is 19.1. The van der Waals surface area contributed by atoms with Gasteiger partial charge in [0.1, 0.15) is 5.82 Å². The molecule has 0 atom stereocenters. The summed E-state index contributed by atoms with van der Waals surface area (Å²) in [6.45, 7) is 1.84. The normalized spacial score (nSPS) is 11.3. The summed E-state index contributed by atoms with van der Waals surface area (Å²) in [6.07, 6.45) is 1.15. The third-order valence-electron chi connectivity index (χ3n) is 3.74. The molecular weight excluding hydrogens is 343 g/mol. The second-order valence-corrected chi connectivity index (χ2v) is 7.28. The van der Waals surface area contributed by atoms with Gasteiger partial charge in [-0.2, -0.15) is 0 Å². The second-order valence-electron chi connectivity index (χ2n) is 5.51. The molecule has 2 aromatic rings. The number of hydrogen-bond donors (Lipinski definition) is 2. The van der Waals surface area contributed by atoms with Crippen molar-refractivity contribution in [1.82, 2.24) is 10.0 Å². The van der Waals surface area contributed by atoms with E-state index in [2.05, 4.69) is 10.0 Å². The molecule has 7 heteroatoms. The first-order valence-electron chi connectivity index (χ1n) is 8.01. The standard InChI is InChI=1S/C18H21FN2O3S/c1-2-14-7-9-16(10-8-14)25(23,24)21-13-18(22)20-12-11-15-5-3-4-6-17(15)19/h3-10,21H,2,11-13H2,1H3,(H,20,22). The van der Waals surface area contributed by atoms with E-state index in [4.69, 9.17) is 0 Å². The van der Waals surface area contributed by atoms with Gasteiger partial charge in [0.2, 0.25) is 15.9 Å². The maximum absolute atomic E-state index is 13.5. The fourth-order valence-corrected chi connectivity index (χ4v) is 3.23. The topological polar surface area (TPSA) is 75.3 Å². The van der Waals surface area contributed by atoms with Gasteiger partial charge < -0.3 is 5.32 Å². The van der Waals surface area contributed by atoms with Gasteiger partial charge in [-0.15, -0.1) is 0 Å². The first-order chi connectivity index (χ1) is 11.9. The number of carbonyl (C=O) groups excluding carboxylic acids is 1. The summed E-state index contributed by atoms with van der Waals surface area (Å²) in [5.41, 5.74) is 1.53. The van der Waals surface area contributed by atoms with E-state index in [1.54, 1.807) is 30.3 Å². The molecule has 0 aromatic heterocycles. The van der Waals surface area contributed by atoms with E-state index in [0.29, 0.717) is 12.0 Å². The molecule has 0 unspecified atom stereocenters. The van der Waals surface area contributed by atoms with Crippen LogP contribution in [-0.2, 0) is 27.7 Å². The van der Waals surface area contributed by atoms with E-state index < -0.39 is 15.9 Å². The number of halogens is 1. The molecule has 25 heavy (non-hydrogen) atoms. The van der Waals surface area contributed by atoms with Crippen molar-refractivity contribution in [3.05, 3.63) is 65.5 Å². The Bertz CT molecular complexity index is 820. The summed E-state index contributed by atoms with van der Waals surface area (Å²) < 4.78 is 40.0. The lowest BCUT2D eigenvalue weighted by molar-refractivity contribution is -0.119. The van der Waals surface area contributed by atoms with Gasteiger partial charge in [0, 0.05) is 6.54 Å². The van der Waals surface area contributed by atoms with Gasteiger partial charge in [0.15, 0.2) is 0 Å². The van der Waals surface area contributed by atoms with Crippen LogP contribution in [0.1, 0.15) is 18.1 Å². The van der Waals surface area contributed by atoms with Crippen molar-refractivity contribution in [3.8, 4) is 0 Å². The van der Waals surface area contributed by atoms with Crippen LogP contribution in [0, 0.1) is 5.82 Å². The minimum absolute atomic E-state index is 0.115. The zero-order valence-corrected chi connectivity index (χ0v) is 14.8. The highest BCUT2D eigenvalue weighted by Crippen LogP contribution is 2.10. The van der Waals surface area contributed by atoms with Crippen molar-refractivity contribution in [2.45, 2.75) is 24.7 Å². The van der Waals surface area contributed by atoms with Gasteiger partial charge in [0.25, 0.3) is 0 Å². The fraction of sp³-hybridized carbons (Fsp3) is 0.278. The molecule has 2 aromatic carbocycles. The Hall–Kier alpha value is -2.25. The number of benzene rings is 2. The minimum Gasteiger partial charge on any atom is -0.355 e. The van der Waals surface area contributed by atoms with Crippen LogP contribution in [0.2, 0.25) is 0 Å². The van der Waals surface area contributed by atoms with E-state index in [-0.39, 0.29) is 23.8 Å². The van der Waals surface area contributed by atoms with E-state index in [1.807, 2.05) is 6.92 Å². The molecule has 0 spiro atoms. The van der Waals surface area contributed by atoms with Crippen molar-refractivity contribution >= 4 is 15.9 Å². The monoisotopic (exact) mass is 364 g/mol. The Morgan fingerprint density at radius 1 is 1.08 bits per heavy atom. The summed E-state index contributed by atoms with van der Waals surface area (Å²) in [7, 11) is -3.74. The summed E-state index contributed by atoms with van der Waals surface area (Å²) in [6, 6.07) is 12.8. The number of sulfonamides is 1. The molecule has 0 fully saturated rings. The lowest BCUT2D eigenvalue weighted by Crippen LogP contribution is -2.37. The van der Waals surface area contributed by atoms with E-state index >= 15 is 0 Å². The molecule has 0 radical (unpaired) electrons. The van der Waals surface area contributed by atoms with Crippen LogP contribution in [0.4, 0.5) is 4.39 Å². The van der Waals surface area contributed by atoms with Gasteiger partial charge in [0.05, 0.1) is 11.4 Å².